The number of nitriles is 1. The molecule has 0 atom stereocenters. The zero-order valence-electron chi connectivity index (χ0n) is 7.33. The van der Waals surface area contributed by atoms with E-state index in [-0.39, 0.29) is 18.0 Å². The SMILES string of the molecule is CCCOC(=O)/C(C#N)=C(\N)NN. The number of rotatable bonds is 4. The lowest BCUT2D eigenvalue weighted by atomic mass is 10.3. The predicted octanol–water partition coefficient (Wildman–Crippen LogP) is -0.903. The number of nitrogens with zero attached hydrogens (tertiary/aromatic N) is 1. The molecule has 0 heterocycles. The molecule has 0 aliphatic heterocycles. The highest BCUT2D eigenvalue weighted by Gasteiger charge is 2.13. The second kappa shape index (κ2) is 5.85. The van der Waals surface area contributed by atoms with E-state index in [1.165, 1.54) is 0 Å². The van der Waals surface area contributed by atoms with Gasteiger partial charge >= 0.3 is 5.97 Å². The summed E-state index contributed by atoms with van der Waals surface area (Å²) >= 11 is 0. The lowest BCUT2D eigenvalue weighted by Gasteiger charge is -2.04. The summed E-state index contributed by atoms with van der Waals surface area (Å²) < 4.78 is 4.67. The molecule has 0 aromatic heterocycles. The fourth-order valence-electron chi connectivity index (χ4n) is 0.555. The number of hydrogen-bond donors (Lipinski definition) is 3. The predicted molar refractivity (Wildman–Crippen MR) is 45.4 cm³/mol. The second-order valence-corrected chi connectivity index (χ2v) is 2.18. The van der Waals surface area contributed by atoms with Crippen LogP contribution in [0.3, 0.4) is 0 Å². The Balaban J connectivity index is 4.44. The number of esters is 1. The first-order valence-corrected chi connectivity index (χ1v) is 3.70. The molecule has 0 saturated carbocycles. The molecular formula is C7H12N4O2. The summed E-state index contributed by atoms with van der Waals surface area (Å²) in [7, 11) is 0. The van der Waals surface area contributed by atoms with Crippen molar-refractivity contribution in [2.24, 2.45) is 11.6 Å². The van der Waals surface area contributed by atoms with Crippen molar-refractivity contribution in [3.05, 3.63) is 11.4 Å². The summed E-state index contributed by atoms with van der Waals surface area (Å²) in [5.74, 6) is 3.97. The zero-order chi connectivity index (χ0) is 10.3. The van der Waals surface area contributed by atoms with Crippen LogP contribution in [0.15, 0.2) is 11.4 Å². The molecular weight excluding hydrogens is 172 g/mol. The lowest BCUT2D eigenvalue weighted by molar-refractivity contribution is -0.138. The van der Waals surface area contributed by atoms with Crippen LogP contribution in [0.2, 0.25) is 0 Å². The van der Waals surface area contributed by atoms with Crippen LogP contribution in [0.25, 0.3) is 0 Å². The number of nitrogens with two attached hydrogens (primary N) is 2. The monoisotopic (exact) mass is 184 g/mol. The Morgan fingerprint density at radius 2 is 2.31 bits per heavy atom. The molecule has 0 radical (unpaired) electrons. The molecule has 0 rings (SSSR count). The van der Waals surface area contributed by atoms with E-state index in [9.17, 15) is 4.79 Å². The fourth-order valence-corrected chi connectivity index (χ4v) is 0.555. The second-order valence-electron chi connectivity index (χ2n) is 2.18. The quantitative estimate of drug-likeness (QED) is 0.171. The van der Waals surface area contributed by atoms with Gasteiger partial charge in [-0.25, -0.2) is 10.6 Å². The molecule has 0 unspecified atom stereocenters. The van der Waals surface area contributed by atoms with Gasteiger partial charge in [0.2, 0.25) is 0 Å². The number of hydrazine groups is 1. The van der Waals surface area contributed by atoms with Crippen molar-refractivity contribution in [1.29, 1.82) is 5.26 Å². The first kappa shape index (κ1) is 11.3. The van der Waals surface area contributed by atoms with E-state index in [0.717, 1.165) is 0 Å². The average Bonchev–Trinajstić information content (AvgIpc) is 2.15. The summed E-state index contributed by atoms with van der Waals surface area (Å²) in [4.78, 5) is 11.1. The molecule has 13 heavy (non-hydrogen) atoms. The van der Waals surface area contributed by atoms with Crippen LogP contribution in [-0.2, 0) is 9.53 Å². The maximum absolute atomic E-state index is 11.1. The Labute approximate surface area is 76.1 Å². The average molecular weight is 184 g/mol. The van der Waals surface area contributed by atoms with Gasteiger partial charge in [-0.3, -0.25) is 0 Å². The Bertz CT molecular complexity index is 254. The van der Waals surface area contributed by atoms with Gasteiger partial charge in [0.15, 0.2) is 5.57 Å². The van der Waals surface area contributed by atoms with E-state index in [1.54, 1.807) is 6.07 Å². The van der Waals surface area contributed by atoms with Gasteiger partial charge in [0.05, 0.1) is 6.61 Å². The van der Waals surface area contributed by atoms with E-state index < -0.39 is 5.97 Å². The first-order chi connectivity index (χ1) is 6.17. The van der Waals surface area contributed by atoms with E-state index in [2.05, 4.69) is 4.74 Å². The smallest absolute Gasteiger partial charge is 0.352 e. The van der Waals surface area contributed by atoms with E-state index in [4.69, 9.17) is 16.8 Å². The third-order valence-corrected chi connectivity index (χ3v) is 1.18. The maximum Gasteiger partial charge on any atom is 0.352 e. The van der Waals surface area contributed by atoms with Crippen LogP contribution in [0.4, 0.5) is 0 Å². The molecule has 6 heteroatoms. The van der Waals surface area contributed by atoms with Crippen molar-refractivity contribution < 1.29 is 9.53 Å². The van der Waals surface area contributed by atoms with Gasteiger partial charge in [-0.1, -0.05) is 6.92 Å². The molecule has 0 fully saturated rings. The number of ether oxygens (including phenoxy) is 1. The Morgan fingerprint density at radius 3 is 2.69 bits per heavy atom. The highest BCUT2D eigenvalue weighted by molar-refractivity contribution is 5.93. The molecule has 0 bridgehead atoms. The molecule has 5 N–H and O–H groups in total. The number of nitrogens with one attached hydrogen (secondary N) is 1. The highest BCUT2D eigenvalue weighted by atomic mass is 16.5. The van der Waals surface area contributed by atoms with E-state index in [1.807, 2.05) is 12.3 Å². The van der Waals surface area contributed by atoms with E-state index in [0.29, 0.717) is 6.42 Å². The summed E-state index contributed by atoms with van der Waals surface area (Å²) in [5.41, 5.74) is 6.92. The summed E-state index contributed by atoms with van der Waals surface area (Å²) in [5, 5.41) is 8.51. The Hall–Kier alpha value is -1.74. The Kier molecular flexibility index (Phi) is 5.07. The molecule has 0 spiro atoms. The van der Waals surface area contributed by atoms with Gasteiger partial charge in [-0.15, -0.1) is 0 Å². The third kappa shape index (κ3) is 3.44. The molecule has 0 aliphatic rings. The standard InChI is InChI=1S/C7H12N4O2/c1-2-3-13-7(12)5(4-8)6(9)11-10/h11H,2-3,9-10H2,1H3/b6-5+. The van der Waals surface area contributed by atoms with Crippen LogP contribution >= 0.6 is 0 Å². The summed E-state index contributed by atoms with van der Waals surface area (Å²) in [6, 6.07) is 1.60. The van der Waals surface area contributed by atoms with Crippen molar-refractivity contribution >= 4 is 5.97 Å². The van der Waals surface area contributed by atoms with E-state index >= 15 is 0 Å². The first-order valence-electron chi connectivity index (χ1n) is 3.70. The van der Waals surface area contributed by atoms with Crippen molar-refractivity contribution in [2.75, 3.05) is 6.61 Å². The van der Waals surface area contributed by atoms with Crippen molar-refractivity contribution in [2.45, 2.75) is 13.3 Å². The number of carbonyl (C=O) groups is 1. The van der Waals surface area contributed by atoms with Crippen LogP contribution in [0, 0.1) is 11.3 Å². The van der Waals surface area contributed by atoms with Gasteiger partial charge in [0.1, 0.15) is 11.9 Å². The molecule has 6 nitrogen and oxygen atoms in total. The van der Waals surface area contributed by atoms with Gasteiger partial charge in [-0.05, 0) is 6.42 Å². The number of carbonyl (C=O) groups excluding carboxylic acids is 1. The molecule has 0 amide bonds. The van der Waals surface area contributed by atoms with Crippen LogP contribution in [0.5, 0.6) is 0 Å². The normalized spacial score (nSPS) is 11.2. The minimum atomic E-state index is -0.764. The largest absolute Gasteiger partial charge is 0.461 e. The Morgan fingerprint density at radius 1 is 1.69 bits per heavy atom. The van der Waals surface area contributed by atoms with Gasteiger partial charge in [0, 0.05) is 0 Å². The van der Waals surface area contributed by atoms with Gasteiger partial charge < -0.3 is 15.9 Å². The van der Waals surface area contributed by atoms with Crippen molar-refractivity contribution in [1.82, 2.24) is 5.43 Å². The van der Waals surface area contributed by atoms with Crippen LogP contribution in [0.1, 0.15) is 13.3 Å². The molecule has 0 aromatic carbocycles. The molecule has 0 aliphatic carbocycles. The molecule has 72 valence electrons. The minimum absolute atomic E-state index is 0.191. The molecule has 0 saturated heterocycles. The van der Waals surface area contributed by atoms with Crippen molar-refractivity contribution in [3.63, 3.8) is 0 Å². The topological polar surface area (TPSA) is 114 Å². The zero-order valence-corrected chi connectivity index (χ0v) is 7.33. The highest BCUT2D eigenvalue weighted by Crippen LogP contribution is 1.98. The number of hydrogen-bond acceptors (Lipinski definition) is 6. The van der Waals surface area contributed by atoms with Gasteiger partial charge in [0.25, 0.3) is 0 Å². The maximum atomic E-state index is 11.1. The van der Waals surface area contributed by atoms with Gasteiger partial charge in [-0.2, -0.15) is 5.26 Å². The molecule has 0 aromatic rings. The summed E-state index contributed by atoms with van der Waals surface area (Å²) in [6.45, 7) is 2.09. The van der Waals surface area contributed by atoms with Crippen molar-refractivity contribution in [3.8, 4) is 6.07 Å². The minimum Gasteiger partial charge on any atom is -0.461 e. The third-order valence-electron chi connectivity index (χ3n) is 1.18. The van der Waals surface area contributed by atoms with Crippen LogP contribution in [-0.4, -0.2) is 12.6 Å². The van der Waals surface area contributed by atoms with Crippen LogP contribution < -0.4 is 17.0 Å². The summed E-state index contributed by atoms with van der Waals surface area (Å²) in [6.07, 6.45) is 0.681. The fraction of sp³-hybridized carbons (Fsp3) is 0.429. The lowest BCUT2D eigenvalue weighted by Crippen LogP contribution is -2.30.